The zero-order valence-electron chi connectivity index (χ0n) is 23.7. The van der Waals surface area contributed by atoms with Crippen LogP contribution in [-0.4, -0.2) is 56.8 Å². The number of nitrogens with one attached hydrogen (secondary N) is 2. The molecule has 1 saturated heterocycles. The number of hydrogen-bond acceptors (Lipinski definition) is 9. The molecule has 11 heteroatoms. The minimum atomic E-state index is -0.609. The lowest BCUT2D eigenvalue weighted by Crippen LogP contribution is -2.43. The molecule has 4 aromatic rings. The molecule has 0 saturated carbocycles. The third-order valence-corrected chi connectivity index (χ3v) is 8.41. The zero-order chi connectivity index (χ0) is 29.7. The molecular weight excluding hydrogens is 554 g/mol. The Labute approximate surface area is 247 Å². The molecule has 0 bridgehead atoms. The fourth-order valence-corrected chi connectivity index (χ4v) is 6.44. The number of H-pyrrole nitrogens is 1. The zero-order valence-corrected chi connectivity index (χ0v) is 23.7. The van der Waals surface area contributed by atoms with Crippen molar-refractivity contribution in [2.75, 3.05) is 34.7 Å². The highest BCUT2D eigenvalue weighted by Crippen LogP contribution is 2.55. The smallest absolute Gasteiger partial charge is 0.310 e. The molecule has 0 unspecified atom stereocenters. The van der Waals surface area contributed by atoms with E-state index in [0.717, 1.165) is 22.3 Å². The maximum Gasteiger partial charge on any atom is 0.310 e. The van der Waals surface area contributed by atoms with Crippen molar-refractivity contribution in [1.29, 1.82) is 0 Å². The number of hydrogen-bond donors (Lipinski definition) is 2. The molecule has 2 aliphatic heterocycles. The molecule has 3 aromatic carbocycles. The summed E-state index contributed by atoms with van der Waals surface area (Å²) >= 11 is 0. The van der Waals surface area contributed by atoms with E-state index in [1.807, 2.05) is 54.6 Å². The number of amides is 1. The van der Waals surface area contributed by atoms with Crippen molar-refractivity contribution in [2.24, 2.45) is 11.8 Å². The second kappa shape index (κ2) is 10.6. The number of ether oxygens (including phenoxy) is 6. The van der Waals surface area contributed by atoms with Crippen LogP contribution in [0.5, 0.6) is 28.7 Å². The lowest BCUT2D eigenvalue weighted by atomic mass is 9.65. The Balaban J connectivity index is 1.33. The predicted molar refractivity (Wildman–Crippen MR) is 153 cm³/mol. The highest BCUT2D eigenvalue weighted by atomic mass is 16.7. The van der Waals surface area contributed by atoms with Gasteiger partial charge >= 0.3 is 5.97 Å². The number of nitrogens with zero attached hydrogens (tertiary/aromatic N) is 1. The second-order valence-electron chi connectivity index (χ2n) is 10.6. The average Bonchev–Trinajstić information content (AvgIpc) is 3.80. The third kappa shape index (κ3) is 4.39. The number of carbonyl (C=O) groups is 2. The van der Waals surface area contributed by atoms with Crippen LogP contribution in [-0.2, 0) is 9.53 Å². The van der Waals surface area contributed by atoms with Crippen LogP contribution in [0.15, 0.2) is 60.7 Å². The standard InChI is InChI=1S/C32H29N3O8/c1-38-25-9-17(10-26(39-2)30(25)40-3)27-18-11-23-24(43-15-42-23)12-19(18)29(20-14-41-32(37)28(20)27)33-31(36)22-13-21(34-35-22)16-7-5-4-6-8-16/h4-13,20,27-29H,14-15H2,1-3H3,(H,33,36)(H,34,35)/t20-,27+,28-,29+/m0/s1. The van der Waals surface area contributed by atoms with E-state index in [1.54, 1.807) is 20.3 Å². The molecule has 11 nitrogen and oxygen atoms in total. The van der Waals surface area contributed by atoms with E-state index in [2.05, 4.69) is 15.5 Å². The maximum atomic E-state index is 13.6. The summed E-state index contributed by atoms with van der Waals surface area (Å²) in [6.07, 6.45) is 0. The topological polar surface area (TPSA) is 130 Å². The summed E-state index contributed by atoms with van der Waals surface area (Å²) in [6, 6.07) is 18.2. The van der Waals surface area contributed by atoms with Crippen molar-refractivity contribution >= 4 is 11.9 Å². The first-order chi connectivity index (χ1) is 21.0. The summed E-state index contributed by atoms with van der Waals surface area (Å²) in [6.45, 7) is 0.219. The lowest BCUT2D eigenvalue weighted by molar-refractivity contribution is -0.141. The summed E-state index contributed by atoms with van der Waals surface area (Å²) in [5.74, 6) is 0.366. The van der Waals surface area contributed by atoms with Gasteiger partial charge in [0.2, 0.25) is 12.5 Å². The van der Waals surface area contributed by atoms with Crippen LogP contribution in [0.2, 0.25) is 0 Å². The van der Waals surface area contributed by atoms with Crippen LogP contribution in [0.25, 0.3) is 11.3 Å². The van der Waals surface area contributed by atoms with Crippen LogP contribution in [0, 0.1) is 11.8 Å². The summed E-state index contributed by atoms with van der Waals surface area (Å²) < 4.78 is 33.9. The van der Waals surface area contributed by atoms with E-state index >= 15 is 0 Å². The van der Waals surface area contributed by atoms with Gasteiger partial charge in [0.05, 0.1) is 45.6 Å². The van der Waals surface area contributed by atoms with Gasteiger partial charge in [0.1, 0.15) is 5.69 Å². The van der Waals surface area contributed by atoms with Crippen molar-refractivity contribution < 1.29 is 38.0 Å². The number of carbonyl (C=O) groups excluding carboxylic acids is 2. The van der Waals surface area contributed by atoms with Gasteiger partial charge in [-0.15, -0.1) is 0 Å². The largest absolute Gasteiger partial charge is 0.493 e. The van der Waals surface area contributed by atoms with Gasteiger partial charge in [-0.2, -0.15) is 5.10 Å². The number of aromatic amines is 1. The predicted octanol–water partition coefficient (Wildman–Crippen LogP) is 4.24. The Morgan fingerprint density at radius 1 is 0.907 bits per heavy atom. The van der Waals surface area contributed by atoms with E-state index in [0.29, 0.717) is 40.1 Å². The van der Waals surface area contributed by atoms with Gasteiger partial charge in [0.15, 0.2) is 23.0 Å². The van der Waals surface area contributed by atoms with Crippen molar-refractivity contribution in [1.82, 2.24) is 15.5 Å². The summed E-state index contributed by atoms with van der Waals surface area (Å²) in [7, 11) is 4.63. The van der Waals surface area contributed by atoms with Gasteiger partial charge in [-0.3, -0.25) is 14.7 Å². The van der Waals surface area contributed by atoms with Crippen LogP contribution in [0.4, 0.5) is 0 Å². The van der Waals surface area contributed by atoms with Gasteiger partial charge in [-0.05, 0) is 47.0 Å². The van der Waals surface area contributed by atoms with Crippen LogP contribution < -0.4 is 29.0 Å². The number of methoxy groups -OCH3 is 3. The number of rotatable bonds is 7. The first-order valence-corrected chi connectivity index (χ1v) is 13.8. The summed E-state index contributed by atoms with van der Waals surface area (Å²) in [4.78, 5) is 27.1. The molecule has 1 amide bonds. The number of benzene rings is 3. The van der Waals surface area contributed by atoms with E-state index < -0.39 is 17.9 Å². The maximum absolute atomic E-state index is 13.6. The molecule has 0 radical (unpaired) electrons. The molecule has 3 aliphatic rings. The Morgan fingerprint density at radius 3 is 2.28 bits per heavy atom. The van der Waals surface area contributed by atoms with E-state index in [4.69, 9.17) is 28.4 Å². The van der Waals surface area contributed by atoms with Crippen molar-refractivity contribution in [3.8, 4) is 40.0 Å². The fraction of sp³-hybridized carbons (Fsp3) is 0.281. The van der Waals surface area contributed by atoms with E-state index in [-0.39, 0.29) is 31.2 Å². The SMILES string of the molecule is COc1cc([C@@H]2c3cc4c(cc3[C@@H](NC(=O)c3cc(-c5ccccc5)n[nH]3)[C@H]3COC(=O)[C@H]23)OCO4)cc(OC)c1OC. The molecule has 1 fully saturated rings. The lowest BCUT2D eigenvalue weighted by Gasteiger charge is -2.39. The van der Waals surface area contributed by atoms with Crippen LogP contribution in [0.1, 0.15) is 39.1 Å². The number of esters is 1. The minimum Gasteiger partial charge on any atom is -0.493 e. The second-order valence-corrected chi connectivity index (χ2v) is 10.6. The number of aromatic nitrogens is 2. The summed E-state index contributed by atoms with van der Waals surface area (Å²) in [5, 5.41) is 10.4. The number of fused-ring (bicyclic) bond motifs is 3. The molecule has 220 valence electrons. The van der Waals surface area contributed by atoms with Crippen molar-refractivity contribution in [2.45, 2.75) is 12.0 Å². The molecule has 1 aromatic heterocycles. The molecule has 2 N–H and O–H groups in total. The molecule has 0 spiro atoms. The van der Waals surface area contributed by atoms with Crippen molar-refractivity contribution in [3.63, 3.8) is 0 Å². The van der Waals surface area contributed by atoms with E-state index in [9.17, 15) is 9.59 Å². The van der Waals surface area contributed by atoms with Gasteiger partial charge < -0.3 is 33.7 Å². The first kappa shape index (κ1) is 26.7. The molecule has 43 heavy (non-hydrogen) atoms. The Morgan fingerprint density at radius 2 is 1.60 bits per heavy atom. The van der Waals surface area contributed by atoms with Gasteiger partial charge in [-0.25, -0.2) is 0 Å². The third-order valence-electron chi connectivity index (χ3n) is 8.41. The normalized spacial score (nSPS) is 21.4. The van der Waals surface area contributed by atoms with Gasteiger partial charge in [0, 0.05) is 17.4 Å². The molecule has 7 rings (SSSR count). The first-order valence-electron chi connectivity index (χ1n) is 13.8. The molecule has 4 atom stereocenters. The molecule has 1 aliphatic carbocycles. The fourth-order valence-electron chi connectivity index (χ4n) is 6.44. The molecule has 3 heterocycles. The number of cyclic esters (lactones) is 1. The molecular formula is C32H29N3O8. The Kier molecular flexibility index (Phi) is 6.56. The van der Waals surface area contributed by atoms with Gasteiger partial charge in [0.25, 0.3) is 5.91 Å². The Bertz CT molecular complexity index is 1690. The minimum absolute atomic E-state index is 0.0788. The monoisotopic (exact) mass is 583 g/mol. The quantitative estimate of drug-likeness (QED) is 0.307. The highest BCUT2D eigenvalue weighted by Gasteiger charge is 2.53. The van der Waals surface area contributed by atoms with Crippen molar-refractivity contribution in [3.05, 3.63) is 83.0 Å². The Hall–Kier alpha value is -5.19. The highest BCUT2D eigenvalue weighted by molar-refractivity contribution is 5.94. The average molecular weight is 584 g/mol. The van der Waals surface area contributed by atoms with Crippen LogP contribution >= 0.6 is 0 Å². The van der Waals surface area contributed by atoms with E-state index in [1.165, 1.54) is 7.11 Å². The van der Waals surface area contributed by atoms with Crippen LogP contribution in [0.3, 0.4) is 0 Å². The summed E-state index contributed by atoms with van der Waals surface area (Å²) in [5.41, 5.74) is 4.22. The van der Waals surface area contributed by atoms with Gasteiger partial charge in [-0.1, -0.05) is 30.3 Å².